The number of nitrogens with one attached hydrogen (secondary N) is 1. The maximum absolute atomic E-state index is 12.1. The summed E-state index contributed by atoms with van der Waals surface area (Å²) in [5.41, 5.74) is 9.45. The summed E-state index contributed by atoms with van der Waals surface area (Å²) in [5.74, 6) is 0. The Bertz CT molecular complexity index is 810. The average molecular weight is 402 g/mol. The number of carbonyl (C=O) groups is 1. The number of aryl methyl sites for hydroxylation is 1. The van der Waals surface area contributed by atoms with Crippen molar-refractivity contribution >= 4 is 11.8 Å². The van der Waals surface area contributed by atoms with Crippen LogP contribution in [0.5, 0.6) is 0 Å². The van der Waals surface area contributed by atoms with Gasteiger partial charge in [-0.3, -0.25) is 4.90 Å². The van der Waals surface area contributed by atoms with E-state index in [1.54, 1.807) is 6.33 Å². The number of nitrogens with zero attached hydrogens (tertiary/aromatic N) is 3. The third kappa shape index (κ3) is 7.42. The smallest absolute Gasteiger partial charge is 0.407 e. The van der Waals surface area contributed by atoms with E-state index in [0.717, 1.165) is 48.7 Å². The number of aromatic nitrogens is 2. The number of imidazole rings is 1. The molecule has 0 aliphatic rings. The van der Waals surface area contributed by atoms with Crippen molar-refractivity contribution in [3.8, 4) is 5.69 Å². The summed E-state index contributed by atoms with van der Waals surface area (Å²) in [6.07, 6.45) is 4.23. The summed E-state index contributed by atoms with van der Waals surface area (Å²) < 4.78 is 7.37. The number of rotatable bonds is 8. The van der Waals surface area contributed by atoms with Crippen molar-refractivity contribution in [2.24, 2.45) is 0 Å². The lowest BCUT2D eigenvalue weighted by molar-refractivity contribution is 0.0489. The van der Waals surface area contributed by atoms with Gasteiger partial charge < -0.3 is 20.4 Å². The van der Waals surface area contributed by atoms with Gasteiger partial charge in [-0.2, -0.15) is 0 Å². The van der Waals surface area contributed by atoms with Crippen LogP contribution in [0.3, 0.4) is 0 Å². The first-order chi connectivity index (χ1) is 13.6. The SMILES string of the molecule is CCC(CN(CC)Cc1cc(N)cc(-n2cnc(C)c2)c1)NC(=O)OC(C)(C)C. The zero-order valence-corrected chi connectivity index (χ0v) is 18.5. The van der Waals surface area contributed by atoms with Crippen molar-refractivity contribution < 1.29 is 9.53 Å². The zero-order chi connectivity index (χ0) is 21.6. The minimum absolute atomic E-state index is 0.0154. The van der Waals surface area contributed by atoms with Gasteiger partial charge in [-0.15, -0.1) is 0 Å². The van der Waals surface area contributed by atoms with Crippen LogP contribution in [0.25, 0.3) is 5.69 Å². The second-order valence-corrected chi connectivity index (χ2v) is 8.43. The summed E-state index contributed by atoms with van der Waals surface area (Å²) >= 11 is 0. The fourth-order valence-electron chi connectivity index (χ4n) is 3.13. The lowest BCUT2D eigenvalue weighted by Crippen LogP contribution is -2.45. The number of nitrogens with two attached hydrogens (primary N) is 1. The quantitative estimate of drug-likeness (QED) is 0.656. The average Bonchev–Trinajstić information content (AvgIpc) is 3.04. The number of hydrogen-bond acceptors (Lipinski definition) is 5. The molecule has 1 aromatic heterocycles. The minimum Gasteiger partial charge on any atom is -0.444 e. The third-order valence-electron chi connectivity index (χ3n) is 4.56. The molecule has 0 saturated carbocycles. The lowest BCUT2D eigenvalue weighted by atomic mass is 10.1. The van der Waals surface area contributed by atoms with Crippen LogP contribution >= 0.6 is 0 Å². The van der Waals surface area contributed by atoms with Crippen molar-refractivity contribution in [3.05, 3.63) is 42.0 Å². The molecule has 0 fully saturated rings. The first-order valence-electron chi connectivity index (χ1n) is 10.2. The Labute approximate surface area is 174 Å². The fourth-order valence-corrected chi connectivity index (χ4v) is 3.13. The van der Waals surface area contributed by atoms with Gasteiger partial charge in [0.05, 0.1) is 12.0 Å². The molecule has 7 nitrogen and oxygen atoms in total. The van der Waals surface area contributed by atoms with Crippen molar-refractivity contribution in [2.45, 2.75) is 66.2 Å². The van der Waals surface area contributed by atoms with Gasteiger partial charge in [0.2, 0.25) is 0 Å². The summed E-state index contributed by atoms with van der Waals surface area (Å²) in [6.45, 7) is 14.1. The molecular formula is C22H35N5O2. The summed E-state index contributed by atoms with van der Waals surface area (Å²) in [5, 5.41) is 2.99. The van der Waals surface area contributed by atoms with Gasteiger partial charge in [0.25, 0.3) is 0 Å². The number of likely N-dealkylation sites (N-methyl/N-ethyl adjacent to an activating group) is 1. The Kier molecular flexibility index (Phi) is 7.67. The molecule has 1 amide bonds. The zero-order valence-electron chi connectivity index (χ0n) is 18.5. The third-order valence-corrected chi connectivity index (χ3v) is 4.56. The first kappa shape index (κ1) is 22.7. The van der Waals surface area contributed by atoms with Gasteiger partial charge in [-0.25, -0.2) is 9.78 Å². The molecule has 7 heteroatoms. The molecule has 3 N–H and O–H groups in total. The van der Waals surface area contributed by atoms with Crippen molar-refractivity contribution in [1.29, 1.82) is 0 Å². The van der Waals surface area contributed by atoms with Crippen molar-refractivity contribution in [2.75, 3.05) is 18.8 Å². The largest absolute Gasteiger partial charge is 0.444 e. The summed E-state index contributed by atoms with van der Waals surface area (Å²) in [7, 11) is 0. The normalized spacial score (nSPS) is 12.8. The van der Waals surface area contributed by atoms with Crippen LogP contribution in [0.1, 0.15) is 52.3 Å². The van der Waals surface area contributed by atoms with Crippen molar-refractivity contribution in [1.82, 2.24) is 19.8 Å². The van der Waals surface area contributed by atoms with E-state index in [0.29, 0.717) is 0 Å². The fraction of sp³-hybridized carbons (Fsp3) is 0.545. The van der Waals surface area contributed by atoms with Crippen molar-refractivity contribution in [3.63, 3.8) is 0 Å². The topological polar surface area (TPSA) is 85.4 Å². The Morgan fingerprint density at radius 2 is 2.03 bits per heavy atom. The minimum atomic E-state index is -0.504. The molecule has 2 rings (SSSR count). The number of amides is 1. The van der Waals surface area contributed by atoms with Crippen LogP contribution in [0.15, 0.2) is 30.7 Å². The molecule has 0 spiro atoms. The highest BCUT2D eigenvalue weighted by molar-refractivity contribution is 5.68. The molecule has 160 valence electrons. The Hall–Kier alpha value is -2.54. The molecule has 0 bridgehead atoms. The predicted molar refractivity (Wildman–Crippen MR) is 117 cm³/mol. The molecule has 0 aliphatic heterocycles. The van der Waals surface area contributed by atoms with E-state index in [4.69, 9.17) is 10.5 Å². The van der Waals surface area contributed by atoms with Crippen LogP contribution in [-0.2, 0) is 11.3 Å². The van der Waals surface area contributed by atoms with Crippen LogP contribution in [-0.4, -0.2) is 45.3 Å². The Balaban J connectivity index is 2.06. The van der Waals surface area contributed by atoms with Gasteiger partial charge in [0.15, 0.2) is 0 Å². The van der Waals surface area contributed by atoms with E-state index >= 15 is 0 Å². The number of hydrogen-bond donors (Lipinski definition) is 2. The van der Waals surface area contributed by atoms with Crippen LogP contribution in [0.4, 0.5) is 10.5 Å². The highest BCUT2D eigenvalue weighted by Crippen LogP contribution is 2.18. The molecule has 2 aromatic rings. The van der Waals surface area contributed by atoms with Gasteiger partial charge in [0.1, 0.15) is 5.60 Å². The highest BCUT2D eigenvalue weighted by atomic mass is 16.6. The lowest BCUT2D eigenvalue weighted by Gasteiger charge is -2.28. The van der Waals surface area contributed by atoms with E-state index in [1.807, 2.05) is 50.6 Å². The predicted octanol–water partition coefficient (Wildman–Crippen LogP) is 3.89. The summed E-state index contributed by atoms with van der Waals surface area (Å²) in [6, 6.07) is 6.09. The van der Waals surface area contributed by atoms with E-state index < -0.39 is 5.60 Å². The molecule has 1 aromatic carbocycles. The van der Waals surface area contributed by atoms with Gasteiger partial charge in [-0.05, 0) is 64.4 Å². The number of nitrogen functional groups attached to an aromatic ring is 1. The number of benzene rings is 1. The Morgan fingerprint density at radius 1 is 1.31 bits per heavy atom. The Morgan fingerprint density at radius 3 is 2.59 bits per heavy atom. The maximum Gasteiger partial charge on any atom is 0.407 e. The van der Waals surface area contributed by atoms with Gasteiger partial charge in [0, 0.05) is 36.7 Å². The molecular weight excluding hydrogens is 366 g/mol. The highest BCUT2D eigenvalue weighted by Gasteiger charge is 2.20. The van der Waals surface area contributed by atoms with E-state index in [1.165, 1.54) is 0 Å². The van der Waals surface area contributed by atoms with Crippen LogP contribution in [0, 0.1) is 6.92 Å². The molecule has 29 heavy (non-hydrogen) atoms. The first-order valence-corrected chi connectivity index (χ1v) is 10.2. The molecule has 0 aliphatic carbocycles. The monoisotopic (exact) mass is 401 g/mol. The molecule has 1 unspecified atom stereocenters. The van der Waals surface area contributed by atoms with E-state index in [-0.39, 0.29) is 12.1 Å². The van der Waals surface area contributed by atoms with E-state index in [9.17, 15) is 4.79 Å². The number of anilines is 1. The standard InChI is InChI=1S/C22H35N5O2/c1-7-19(25-21(28)29-22(4,5)6)14-26(8-2)13-17-9-18(23)11-20(10-17)27-12-16(3)24-15-27/h9-12,15,19H,7-8,13-14,23H2,1-6H3,(H,25,28). The number of ether oxygens (including phenoxy) is 1. The second kappa shape index (κ2) is 9.78. The van der Waals surface area contributed by atoms with Crippen LogP contribution in [0.2, 0.25) is 0 Å². The van der Waals surface area contributed by atoms with Gasteiger partial charge in [-0.1, -0.05) is 13.8 Å². The second-order valence-electron chi connectivity index (χ2n) is 8.43. The van der Waals surface area contributed by atoms with Crippen LogP contribution < -0.4 is 11.1 Å². The summed E-state index contributed by atoms with van der Waals surface area (Å²) in [4.78, 5) is 18.7. The molecule has 1 atom stereocenters. The van der Waals surface area contributed by atoms with E-state index in [2.05, 4.69) is 35.1 Å². The molecule has 1 heterocycles. The number of carbonyl (C=O) groups excluding carboxylic acids is 1. The molecule has 0 saturated heterocycles. The maximum atomic E-state index is 12.1. The van der Waals surface area contributed by atoms with Gasteiger partial charge >= 0.3 is 6.09 Å². The molecule has 0 radical (unpaired) electrons. The number of alkyl carbamates (subject to hydrolysis) is 1.